The normalized spacial score (nSPS) is 10.4. The van der Waals surface area contributed by atoms with Gasteiger partial charge in [0.25, 0.3) is 0 Å². The fourth-order valence-corrected chi connectivity index (χ4v) is 1.47. The van der Waals surface area contributed by atoms with Crippen LogP contribution in [0.3, 0.4) is 0 Å². The first kappa shape index (κ1) is 11.0. The summed E-state index contributed by atoms with van der Waals surface area (Å²) < 4.78 is 5.19. The van der Waals surface area contributed by atoms with Crippen LogP contribution in [0, 0.1) is 13.8 Å². The molecule has 4 nitrogen and oxygen atoms in total. The van der Waals surface area contributed by atoms with Crippen molar-refractivity contribution in [2.75, 3.05) is 5.32 Å². The molecular formula is C11H12ClN3O. The van der Waals surface area contributed by atoms with Gasteiger partial charge in [0.1, 0.15) is 10.9 Å². The van der Waals surface area contributed by atoms with Crippen molar-refractivity contribution in [1.29, 1.82) is 0 Å². The van der Waals surface area contributed by atoms with E-state index in [9.17, 15) is 0 Å². The van der Waals surface area contributed by atoms with Crippen molar-refractivity contribution in [3.63, 3.8) is 0 Å². The zero-order valence-corrected chi connectivity index (χ0v) is 9.88. The molecule has 0 aliphatic carbocycles. The van der Waals surface area contributed by atoms with Crippen molar-refractivity contribution in [3.05, 3.63) is 40.6 Å². The molecule has 0 aromatic carbocycles. The molecule has 0 atom stereocenters. The van der Waals surface area contributed by atoms with Crippen molar-refractivity contribution in [1.82, 2.24) is 9.97 Å². The van der Waals surface area contributed by atoms with E-state index in [1.807, 2.05) is 26.0 Å². The molecule has 0 saturated heterocycles. The van der Waals surface area contributed by atoms with Gasteiger partial charge in [-0.2, -0.15) is 0 Å². The summed E-state index contributed by atoms with van der Waals surface area (Å²) in [5.74, 6) is 1.35. The van der Waals surface area contributed by atoms with Crippen LogP contribution in [-0.2, 0) is 6.54 Å². The maximum atomic E-state index is 5.97. The van der Waals surface area contributed by atoms with E-state index in [0.717, 1.165) is 17.0 Å². The highest BCUT2D eigenvalue weighted by Crippen LogP contribution is 2.17. The van der Waals surface area contributed by atoms with Crippen molar-refractivity contribution in [3.8, 4) is 0 Å². The molecule has 0 fully saturated rings. The van der Waals surface area contributed by atoms with Gasteiger partial charge in [-0.25, -0.2) is 9.97 Å². The van der Waals surface area contributed by atoms with Crippen molar-refractivity contribution in [2.24, 2.45) is 0 Å². The second kappa shape index (κ2) is 4.53. The second-order valence-electron chi connectivity index (χ2n) is 3.48. The third kappa shape index (κ3) is 2.33. The maximum absolute atomic E-state index is 5.97. The van der Waals surface area contributed by atoms with E-state index >= 15 is 0 Å². The molecule has 2 heterocycles. The molecule has 2 aromatic rings. The highest BCUT2D eigenvalue weighted by Gasteiger charge is 2.05. The number of aryl methyl sites for hydroxylation is 1. The lowest BCUT2D eigenvalue weighted by Crippen LogP contribution is -2.05. The average molecular weight is 238 g/mol. The minimum Gasteiger partial charge on any atom is -0.467 e. The summed E-state index contributed by atoms with van der Waals surface area (Å²) in [7, 11) is 0. The van der Waals surface area contributed by atoms with Crippen LogP contribution in [0.1, 0.15) is 17.0 Å². The highest BCUT2D eigenvalue weighted by atomic mass is 35.5. The Balaban J connectivity index is 2.10. The van der Waals surface area contributed by atoms with Gasteiger partial charge in [0, 0.05) is 11.3 Å². The Morgan fingerprint density at radius 2 is 2.19 bits per heavy atom. The summed E-state index contributed by atoms with van der Waals surface area (Å²) >= 11 is 5.97. The molecule has 0 aliphatic heterocycles. The van der Waals surface area contributed by atoms with E-state index in [1.54, 1.807) is 6.26 Å². The van der Waals surface area contributed by atoms with Crippen molar-refractivity contribution < 1.29 is 4.42 Å². The Morgan fingerprint density at radius 1 is 1.38 bits per heavy atom. The lowest BCUT2D eigenvalue weighted by atomic mass is 10.3. The van der Waals surface area contributed by atoms with E-state index in [2.05, 4.69) is 15.3 Å². The second-order valence-corrected chi connectivity index (χ2v) is 3.84. The van der Waals surface area contributed by atoms with E-state index < -0.39 is 0 Å². The Hall–Kier alpha value is -1.55. The maximum Gasteiger partial charge on any atom is 0.224 e. The highest BCUT2D eigenvalue weighted by molar-refractivity contribution is 6.30. The van der Waals surface area contributed by atoms with Gasteiger partial charge < -0.3 is 9.73 Å². The molecule has 0 aliphatic rings. The molecular weight excluding hydrogens is 226 g/mol. The molecule has 5 heteroatoms. The topological polar surface area (TPSA) is 51.0 Å². The van der Waals surface area contributed by atoms with Crippen LogP contribution in [-0.4, -0.2) is 9.97 Å². The summed E-state index contributed by atoms with van der Waals surface area (Å²) in [6.45, 7) is 4.35. The third-order valence-corrected chi connectivity index (χ3v) is 2.70. The Bertz CT molecular complexity index is 459. The fraction of sp³-hybridized carbons (Fsp3) is 0.273. The molecule has 0 radical (unpaired) electrons. The molecule has 16 heavy (non-hydrogen) atoms. The molecule has 0 saturated carbocycles. The predicted molar refractivity (Wildman–Crippen MR) is 62.6 cm³/mol. The van der Waals surface area contributed by atoms with Crippen LogP contribution in [0.2, 0.25) is 5.15 Å². The molecule has 0 amide bonds. The number of nitrogens with one attached hydrogen (secondary N) is 1. The van der Waals surface area contributed by atoms with E-state index in [-0.39, 0.29) is 0 Å². The molecule has 1 N–H and O–H groups in total. The van der Waals surface area contributed by atoms with Crippen molar-refractivity contribution >= 4 is 17.5 Å². The van der Waals surface area contributed by atoms with E-state index in [0.29, 0.717) is 17.6 Å². The van der Waals surface area contributed by atoms with Crippen LogP contribution in [0.25, 0.3) is 0 Å². The molecule has 84 valence electrons. The largest absolute Gasteiger partial charge is 0.467 e. The van der Waals surface area contributed by atoms with Gasteiger partial charge in [0.2, 0.25) is 5.95 Å². The molecule has 2 rings (SSSR count). The molecule has 0 bridgehead atoms. The van der Waals surface area contributed by atoms with E-state index in [1.165, 1.54) is 0 Å². The van der Waals surface area contributed by atoms with Crippen LogP contribution in [0.4, 0.5) is 5.95 Å². The Morgan fingerprint density at radius 3 is 2.81 bits per heavy atom. The fourth-order valence-electron chi connectivity index (χ4n) is 1.25. The number of hydrogen-bond acceptors (Lipinski definition) is 4. The average Bonchev–Trinajstić information content (AvgIpc) is 2.75. The van der Waals surface area contributed by atoms with Crippen LogP contribution >= 0.6 is 11.6 Å². The van der Waals surface area contributed by atoms with Crippen LogP contribution in [0.5, 0.6) is 0 Å². The van der Waals surface area contributed by atoms with Crippen LogP contribution < -0.4 is 5.32 Å². The zero-order chi connectivity index (χ0) is 11.5. The zero-order valence-electron chi connectivity index (χ0n) is 9.12. The smallest absolute Gasteiger partial charge is 0.224 e. The van der Waals surface area contributed by atoms with E-state index in [4.69, 9.17) is 16.0 Å². The Labute approximate surface area is 98.7 Å². The molecule has 0 spiro atoms. The standard InChI is InChI=1S/C11H12ClN3O/c1-7-8(2)14-11(15-10(7)12)13-6-9-4-3-5-16-9/h3-5H,6H2,1-2H3,(H,13,14,15). The summed E-state index contributed by atoms with van der Waals surface area (Å²) in [6.07, 6.45) is 1.63. The first-order chi connectivity index (χ1) is 7.66. The van der Waals surface area contributed by atoms with Gasteiger partial charge in [-0.3, -0.25) is 0 Å². The first-order valence-corrected chi connectivity index (χ1v) is 5.31. The first-order valence-electron chi connectivity index (χ1n) is 4.94. The monoisotopic (exact) mass is 237 g/mol. The number of halogens is 1. The predicted octanol–water partition coefficient (Wildman–Crippen LogP) is 2.95. The number of anilines is 1. The minimum absolute atomic E-state index is 0.481. The SMILES string of the molecule is Cc1nc(NCc2ccco2)nc(Cl)c1C. The number of furan rings is 1. The number of rotatable bonds is 3. The van der Waals surface area contributed by atoms with Gasteiger partial charge in [-0.05, 0) is 26.0 Å². The van der Waals surface area contributed by atoms with Gasteiger partial charge in [0.15, 0.2) is 0 Å². The Kier molecular flexibility index (Phi) is 3.10. The van der Waals surface area contributed by atoms with Gasteiger partial charge in [-0.1, -0.05) is 11.6 Å². The lowest BCUT2D eigenvalue weighted by Gasteiger charge is -2.06. The molecule has 2 aromatic heterocycles. The quantitative estimate of drug-likeness (QED) is 0.834. The van der Waals surface area contributed by atoms with Crippen LogP contribution in [0.15, 0.2) is 22.8 Å². The number of nitrogens with zero attached hydrogens (tertiary/aromatic N) is 2. The molecule has 0 unspecified atom stereocenters. The minimum atomic E-state index is 0.481. The van der Waals surface area contributed by atoms with Crippen molar-refractivity contribution in [2.45, 2.75) is 20.4 Å². The number of aromatic nitrogens is 2. The summed E-state index contributed by atoms with van der Waals surface area (Å²) in [4.78, 5) is 8.42. The number of hydrogen-bond donors (Lipinski definition) is 1. The summed E-state index contributed by atoms with van der Waals surface area (Å²) in [5.41, 5.74) is 1.78. The third-order valence-electron chi connectivity index (χ3n) is 2.33. The van der Waals surface area contributed by atoms with Gasteiger partial charge >= 0.3 is 0 Å². The van der Waals surface area contributed by atoms with Gasteiger partial charge in [-0.15, -0.1) is 0 Å². The summed E-state index contributed by atoms with van der Waals surface area (Å²) in [5, 5.41) is 3.54. The lowest BCUT2D eigenvalue weighted by molar-refractivity contribution is 0.517. The summed E-state index contributed by atoms with van der Waals surface area (Å²) in [6, 6.07) is 3.72. The van der Waals surface area contributed by atoms with Gasteiger partial charge in [0.05, 0.1) is 12.8 Å².